The van der Waals surface area contributed by atoms with Crippen molar-refractivity contribution >= 4 is 23.2 Å². The Morgan fingerprint density at radius 1 is 0.615 bits per heavy atom. The predicted octanol–water partition coefficient (Wildman–Crippen LogP) is 6.28. The zero-order valence-electron chi connectivity index (χ0n) is 16.6. The zero-order chi connectivity index (χ0) is 19.0. The third-order valence-corrected chi connectivity index (χ3v) is 4.47. The van der Waals surface area contributed by atoms with Crippen molar-refractivity contribution in [3.05, 3.63) is 24.3 Å². The van der Waals surface area contributed by atoms with Crippen LogP contribution in [0.15, 0.2) is 24.3 Å². The van der Waals surface area contributed by atoms with E-state index in [0.717, 1.165) is 37.1 Å². The van der Waals surface area contributed by atoms with Crippen molar-refractivity contribution in [2.45, 2.75) is 90.9 Å². The molecule has 0 heterocycles. The molecule has 0 aliphatic rings. The van der Waals surface area contributed by atoms with E-state index in [0.29, 0.717) is 12.8 Å². The maximum Gasteiger partial charge on any atom is 0.224 e. The van der Waals surface area contributed by atoms with Crippen LogP contribution in [-0.2, 0) is 9.59 Å². The first-order valence-electron chi connectivity index (χ1n) is 10.4. The van der Waals surface area contributed by atoms with E-state index < -0.39 is 0 Å². The first-order valence-corrected chi connectivity index (χ1v) is 10.4. The van der Waals surface area contributed by atoms with Gasteiger partial charge in [0.25, 0.3) is 0 Å². The highest BCUT2D eigenvalue weighted by Crippen LogP contribution is 2.15. The summed E-state index contributed by atoms with van der Waals surface area (Å²) in [5.74, 6) is 0.121. The topological polar surface area (TPSA) is 58.2 Å². The van der Waals surface area contributed by atoms with E-state index in [4.69, 9.17) is 0 Å². The normalized spacial score (nSPS) is 10.5. The average Bonchev–Trinajstić information content (AvgIpc) is 2.63. The van der Waals surface area contributed by atoms with Crippen molar-refractivity contribution in [1.82, 2.24) is 0 Å². The van der Waals surface area contributed by atoms with Gasteiger partial charge in [0.15, 0.2) is 0 Å². The number of amides is 2. The van der Waals surface area contributed by atoms with Crippen LogP contribution in [0.1, 0.15) is 90.9 Å². The van der Waals surface area contributed by atoms with Gasteiger partial charge in [-0.3, -0.25) is 9.59 Å². The number of hydrogen-bond donors (Lipinski definition) is 2. The fourth-order valence-corrected chi connectivity index (χ4v) is 2.86. The zero-order valence-corrected chi connectivity index (χ0v) is 16.6. The third-order valence-electron chi connectivity index (χ3n) is 4.47. The van der Waals surface area contributed by atoms with E-state index in [1.807, 2.05) is 24.3 Å². The highest BCUT2D eigenvalue weighted by atomic mass is 16.2. The van der Waals surface area contributed by atoms with Crippen molar-refractivity contribution in [1.29, 1.82) is 0 Å². The van der Waals surface area contributed by atoms with Gasteiger partial charge >= 0.3 is 0 Å². The molecule has 0 atom stereocenters. The molecular weight excluding hydrogens is 324 g/mol. The van der Waals surface area contributed by atoms with Crippen LogP contribution in [0.25, 0.3) is 0 Å². The molecule has 2 N–H and O–H groups in total. The van der Waals surface area contributed by atoms with Gasteiger partial charge in [-0.05, 0) is 37.1 Å². The Kier molecular flexibility index (Phi) is 12.2. The minimum absolute atomic E-state index is 0.0605. The van der Waals surface area contributed by atoms with Gasteiger partial charge in [0.05, 0.1) is 0 Å². The second kappa shape index (κ2) is 14.3. The largest absolute Gasteiger partial charge is 0.326 e. The van der Waals surface area contributed by atoms with Crippen LogP contribution in [0.4, 0.5) is 11.4 Å². The summed E-state index contributed by atoms with van der Waals surface area (Å²) >= 11 is 0. The van der Waals surface area contributed by atoms with E-state index in [1.54, 1.807) is 0 Å². The fraction of sp³-hybridized carbons (Fsp3) is 0.636. The Labute approximate surface area is 159 Å². The number of benzene rings is 1. The highest BCUT2D eigenvalue weighted by Gasteiger charge is 2.04. The van der Waals surface area contributed by atoms with Crippen molar-refractivity contribution in [2.75, 3.05) is 10.6 Å². The molecule has 4 nitrogen and oxygen atoms in total. The van der Waals surface area contributed by atoms with E-state index in [2.05, 4.69) is 24.5 Å². The summed E-state index contributed by atoms with van der Waals surface area (Å²) in [4.78, 5) is 23.8. The van der Waals surface area contributed by atoms with Gasteiger partial charge < -0.3 is 10.6 Å². The van der Waals surface area contributed by atoms with Crippen LogP contribution in [0.5, 0.6) is 0 Å². The number of hydrogen-bond acceptors (Lipinski definition) is 2. The van der Waals surface area contributed by atoms with E-state index >= 15 is 0 Å². The smallest absolute Gasteiger partial charge is 0.224 e. The Balaban J connectivity index is 2.23. The van der Waals surface area contributed by atoms with Crippen LogP contribution in [-0.4, -0.2) is 11.8 Å². The second-order valence-electron chi connectivity index (χ2n) is 7.00. The molecule has 0 fully saturated rings. The van der Waals surface area contributed by atoms with Gasteiger partial charge in [-0.25, -0.2) is 0 Å². The number of rotatable bonds is 14. The Hall–Kier alpha value is -1.84. The Morgan fingerprint density at radius 2 is 0.962 bits per heavy atom. The maximum absolute atomic E-state index is 11.9. The van der Waals surface area contributed by atoms with Crippen molar-refractivity contribution in [2.24, 2.45) is 0 Å². The summed E-state index contributed by atoms with van der Waals surface area (Å²) in [5, 5.41) is 5.83. The monoisotopic (exact) mass is 360 g/mol. The number of anilines is 2. The quantitative estimate of drug-likeness (QED) is 0.383. The SMILES string of the molecule is CCCCCCCC(=O)Nc1ccc(NC(=O)CCCCCCC)cc1. The molecule has 0 saturated heterocycles. The molecule has 2 amide bonds. The summed E-state index contributed by atoms with van der Waals surface area (Å²) in [7, 11) is 0. The molecule has 26 heavy (non-hydrogen) atoms. The van der Waals surface area contributed by atoms with Gasteiger partial charge in [0.1, 0.15) is 0 Å². The second-order valence-corrected chi connectivity index (χ2v) is 7.00. The molecule has 0 spiro atoms. The lowest BCUT2D eigenvalue weighted by Gasteiger charge is -2.08. The summed E-state index contributed by atoms with van der Waals surface area (Å²) in [6, 6.07) is 7.36. The van der Waals surface area contributed by atoms with Gasteiger partial charge in [0, 0.05) is 24.2 Å². The van der Waals surface area contributed by atoms with Crippen molar-refractivity contribution in [3.63, 3.8) is 0 Å². The summed E-state index contributed by atoms with van der Waals surface area (Å²) in [5.41, 5.74) is 1.56. The molecule has 0 radical (unpaired) electrons. The molecule has 0 bridgehead atoms. The lowest BCUT2D eigenvalue weighted by atomic mass is 10.1. The summed E-state index contributed by atoms with van der Waals surface area (Å²) in [6.45, 7) is 4.37. The number of carbonyl (C=O) groups is 2. The Morgan fingerprint density at radius 3 is 1.31 bits per heavy atom. The molecule has 0 unspecified atom stereocenters. The lowest BCUT2D eigenvalue weighted by molar-refractivity contribution is -0.117. The summed E-state index contributed by atoms with van der Waals surface area (Å²) < 4.78 is 0. The molecule has 1 rings (SSSR count). The maximum atomic E-state index is 11.9. The number of nitrogens with one attached hydrogen (secondary N) is 2. The Bertz CT molecular complexity index is 464. The van der Waals surface area contributed by atoms with E-state index in [1.165, 1.54) is 38.5 Å². The predicted molar refractivity (Wildman–Crippen MR) is 110 cm³/mol. The minimum Gasteiger partial charge on any atom is -0.326 e. The van der Waals surface area contributed by atoms with Crippen LogP contribution in [0.2, 0.25) is 0 Å². The molecular formula is C22H36N2O2. The van der Waals surface area contributed by atoms with Crippen LogP contribution < -0.4 is 10.6 Å². The standard InChI is InChI=1S/C22H36N2O2/c1-3-5-7-9-11-13-21(25)23-19-15-17-20(18-16-19)24-22(26)14-12-10-8-6-4-2/h15-18H,3-14H2,1-2H3,(H,23,25)(H,24,26). The number of unbranched alkanes of at least 4 members (excludes halogenated alkanes) is 8. The van der Waals surface area contributed by atoms with Crippen LogP contribution in [0, 0.1) is 0 Å². The van der Waals surface area contributed by atoms with Gasteiger partial charge in [-0.2, -0.15) is 0 Å². The molecule has 1 aromatic rings. The summed E-state index contributed by atoms with van der Waals surface area (Å²) in [6.07, 6.45) is 12.6. The molecule has 0 aliphatic carbocycles. The molecule has 146 valence electrons. The van der Waals surface area contributed by atoms with Crippen LogP contribution >= 0.6 is 0 Å². The van der Waals surface area contributed by atoms with Gasteiger partial charge in [-0.1, -0.05) is 65.2 Å². The fourth-order valence-electron chi connectivity index (χ4n) is 2.86. The first kappa shape index (κ1) is 22.2. The highest BCUT2D eigenvalue weighted by molar-refractivity contribution is 5.92. The molecule has 1 aromatic carbocycles. The van der Waals surface area contributed by atoms with Crippen molar-refractivity contribution < 1.29 is 9.59 Å². The average molecular weight is 361 g/mol. The molecule has 4 heteroatoms. The minimum atomic E-state index is 0.0605. The first-order chi connectivity index (χ1) is 12.7. The lowest BCUT2D eigenvalue weighted by Crippen LogP contribution is -2.12. The molecule has 0 aromatic heterocycles. The van der Waals surface area contributed by atoms with E-state index in [-0.39, 0.29) is 11.8 Å². The van der Waals surface area contributed by atoms with Gasteiger partial charge in [-0.15, -0.1) is 0 Å². The van der Waals surface area contributed by atoms with Gasteiger partial charge in [0.2, 0.25) is 11.8 Å². The van der Waals surface area contributed by atoms with Crippen molar-refractivity contribution in [3.8, 4) is 0 Å². The van der Waals surface area contributed by atoms with E-state index in [9.17, 15) is 9.59 Å². The van der Waals surface area contributed by atoms with Crippen LogP contribution in [0.3, 0.4) is 0 Å². The molecule has 0 saturated carbocycles. The molecule has 0 aliphatic heterocycles. The third kappa shape index (κ3) is 10.9. The number of carbonyl (C=O) groups excluding carboxylic acids is 2.